The van der Waals surface area contributed by atoms with Crippen LogP contribution in [-0.4, -0.2) is 187 Å². The summed E-state index contributed by atoms with van der Waals surface area (Å²) in [5, 5.41) is 29.4. The highest BCUT2D eigenvalue weighted by Crippen LogP contribution is 2.43. The van der Waals surface area contributed by atoms with Crippen LogP contribution in [0.25, 0.3) is 45.3 Å². The highest BCUT2D eigenvalue weighted by molar-refractivity contribution is 6.74. The quantitative estimate of drug-likeness (QED) is 0.0408. The van der Waals surface area contributed by atoms with E-state index in [-0.39, 0.29) is 49.1 Å². The molecule has 0 aliphatic carbocycles. The maximum Gasteiger partial charge on any atom is 0.410 e. The lowest BCUT2D eigenvalue weighted by molar-refractivity contribution is 0.0172. The van der Waals surface area contributed by atoms with Crippen LogP contribution in [0.4, 0.5) is 26.0 Å². The molecule has 0 saturated carbocycles. The number of benzene rings is 2. The van der Waals surface area contributed by atoms with E-state index in [1.54, 1.807) is 74.1 Å². The molecule has 6 heterocycles. The van der Waals surface area contributed by atoms with E-state index in [1.807, 2.05) is 34.6 Å². The number of aliphatic hydroxyl groups is 1. The molecule has 0 radical (unpaired) electrons. The number of rotatable bonds is 20. The molecular weight excluding hydrogens is 1290 g/mol. The highest BCUT2D eigenvalue weighted by atomic mass is 35.5. The molecule has 92 heavy (non-hydrogen) atoms. The molecule has 29 heteroatoms. The van der Waals surface area contributed by atoms with Gasteiger partial charge in [-0.25, -0.2) is 34.3 Å². The number of likely N-dealkylation sites (N-methyl/N-ethyl adjacent to an activating group) is 2. The van der Waals surface area contributed by atoms with Gasteiger partial charge in [-0.3, -0.25) is 0 Å². The van der Waals surface area contributed by atoms with Crippen LogP contribution < -0.4 is 25.4 Å². The first kappa shape index (κ1) is 72.7. The molecule has 2 saturated heterocycles. The van der Waals surface area contributed by atoms with Crippen molar-refractivity contribution in [3.63, 3.8) is 0 Å². The Hall–Kier alpha value is -6.71. The van der Waals surface area contributed by atoms with Crippen molar-refractivity contribution < 1.29 is 56.6 Å². The summed E-state index contributed by atoms with van der Waals surface area (Å²) < 4.78 is 45.1. The van der Waals surface area contributed by atoms with Gasteiger partial charge in [0.15, 0.2) is 20.0 Å². The number of nitrogens with one attached hydrogen (secondary N) is 3. The molecule has 2 atom stereocenters. The maximum atomic E-state index is 12.9. The molecule has 4 aromatic heterocycles. The van der Waals surface area contributed by atoms with Crippen molar-refractivity contribution in [2.24, 2.45) is 0 Å². The van der Waals surface area contributed by atoms with Gasteiger partial charge >= 0.3 is 18.3 Å². The summed E-state index contributed by atoms with van der Waals surface area (Å²) >= 11 is 27.3. The number of aliphatic hydroxyl groups excluding tert-OH is 1. The Bertz CT molecular complexity index is 3490. The van der Waals surface area contributed by atoms with Gasteiger partial charge < -0.3 is 72.9 Å². The Kier molecular flexibility index (Phi) is 24.9. The Morgan fingerprint density at radius 3 is 1.49 bits per heavy atom. The van der Waals surface area contributed by atoms with Crippen LogP contribution in [0.3, 0.4) is 0 Å². The first-order valence-electron chi connectivity index (χ1n) is 30.3. The van der Waals surface area contributed by atoms with Crippen LogP contribution in [0.1, 0.15) is 90.1 Å². The predicted octanol–water partition coefficient (Wildman–Crippen LogP) is 13.3. The number of halogens is 4. The number of aryl methyl sites for hydroxylation is 4. The monoisotopic (exact) mass is 1370 g/mol. The summed E-state index contributed by atoms with van der Waals surface area (Å²) in [5.41, 5.74) is 3.91. The number of hydrogen-bond donors (Lipinski definition) is 4. The number of piperidine rings is 2. The lowest BCUT2D eigenvalue weighted by atomic mass is 10.0. The number of carbonyl (C=O) groups excluding carboxylic acids is 3. The molecule has 2 aliphatic rings. The summed E-state index contributed by atoms with van der Waals surface area (Å²) in [4.78, 5) is 61.0. The fourth-order valence-electron chi connectivity index (χ4n) is 10.0. The van der Waals surface area contributed by atoms with Gasteiger partial charge in [0.1, 0.15) is 81.0 Å². The number of anilines is 2. The van der Waals surface area contributed by atoms with Crippen LogP contribution in [-0.2, 0) is 18.6 Å². The van der Waals surface area contributed by atoms with Crippen LogP contribution >= 0.6 is 46.4 Å². The first-order chi connectivity index (χ1) is 43.3. The molecule has 4 N–H and O–H groups in total. The van der Waals surface area contributed by atoms with E-state index >= 15 is 0 Å². The topological polar surface area (TPSA) is 276 Å². The summed E-state index contributed by atoms with van der Waals surface area (Å²) in [6.07, 6.45) is 0.438. The molecule has 0 bridgehead atoms. The number of hydrogen-bond acceptors (Lipinski definition) is 21. The molecule has 3 amide bonds. The lowest BCUT2D eigenvalue weighted by Gasteiger charge is -2.40. The standard InChI is InChI=1S/C37H54Cl2N6O7Si.C26H32Cl2N6O5/c1-22-29(23(2)51-43-22)31-30(39)33(40-24-15-17-45(18-16-24)35(47)48-10)42-32(41-31)27-19-25(13-14-28(27)38)49-21-26(52-53(11,12)37(6,7)8)20-44(9)34(46)50-36(3,4)5;1-14-21(15(2)39-33-14)23-22(28)25(30-16-7-9-34(10-8-16)26(36)37-4)32-24(31-23)19-11-18(5-6-20(19)27)38-13-17(35)12-29-3/h13-14,19,24,26H,15-18,20-21H2,1-12H3,(H,40,41,42);5-6,11,16-17,29,35H,7-10,12-13H2,1-4H3,(H,30,31,32). The number of nitrogens with zero attached hydrogens (tertiary/aromatic N) is 9. The minimum Gasteiger partial charge on any atom is -0.491 e. The third-order valence-corrected chi connectivity index (χ3v) is 21.8. The summed E-state index contributed by atoms with van der Waals surface area (Å²) in [5.74, 6) is 3.63. The van der Waals surface area contributed by atoms with E-state index in [4.69, 9.17) is 103 Å². The lowest BCUT2D eigenvalue weighted by Crippen LogP contribution is -2.49. The minimum atomic E-state index is -2.27. The second-order valence-electron chi connectivity index (χ2n) is 25.2. The Morgan fingerprint density at radius 1 is 0.696 bits per heavy atom. The van der Waals surface area contributed by atoms with Crippen molar-refractivity contribution in [1.82, 2.24) is 50.3 Å². The molecular formula is C63H86Cl4N12O12Si. The van der Waals surface area contributed by atoms with Crippen LogP contribution in [0.5, 0.6) is 11.5 Å². The van der Waals surface area contributed by atoms with Gasteiger partial charge in [0.2, 0.25) is 0 Å². The van der Waals surface area contributed by atoms with E-state index in [2.05, 4.69) is 60.1 Å². The molecule has 6 aromatic rings. The fourth-order valence-corrected chi connectivity index (χ4v) is 12.2. The highest BCUT2D eigenvalue weighted by Gasteiger charge is 2.40. The van der Waals surface area contributed by atoms with E-state index in [1.165, 1.54) is 19.1 Å². The average molecular weight is 1370 g/mol. The van der Waals surface area contributed by atoms with Gasteiger partial charge in [-0.1, -0.05) is 77.5 Å². The number of ether oxygens (including phenoxy) is 5. The second kappa shape index (κ2) is 31.5. The van der Waals surface area contributed by atoms with Gasteiger partial charge in [-0.05, 0) is 136 Å². The molecule has 8 rings (SSSR count). The van der Waals surface area contributed by atoms with Gasteiger partial charge in [0, 0.05) is 63.0 Å². The van der Waals surface area contributed by atoms with Crippen molar-refractivity contribution in [3.05, 3.63) is 79.4 Å². The number of likely N-dealkylation sites (tertiary alicyclic amines) is 2. The summed E-state index contributed by atoms with van der Waals surface area (Å²) in [6, 6.07) is 10.4. The predicted molar refractivity (Wildman–Crippen MR) is 358 cm³/mol. The zero-order valence-corrected chi connectivity index (χ0v) is 59.3. The summed E-state index contributed by atoms with van der Waals surface area (Å²) in [7, 11) is 3.93. The molecule has 0 spiro atoms. The van der Waals surface area contributed by atoms with Gasteiger partial charge in [-0.15, -0.1) is 0 Å². The largest absolute Gasteiger partial charge is 0.491 e. The third kappa shape index (κ3) is 18.8. The van der Waals surface area contributed by atoms with Crippen LogP contribution in [0.15, 0.2) is 45.4 Å². The van der Waals surface area contributed by atoms with E-state index in [0.717, 1.165) is 0 Å². The molecule has 2 unspecified atom stereocenters. The zero-order chi connectivity index (χ0) is 67.6. The van der Waals surface area contributed by atoms with Crippen molar-refractivity contribution in [2.75, 3.05) is 91.4 Å². The van der Waals surface area contributed by atoms with Crippen molar-refractivity contribution in [2.45, 2.75) is 143 Å². The third-order valence-electron chi connectivity index (χ3n) is 15.9. The summed E-state index contributed by atoms with van der Waals surface area (Å²) in [6.45, 7) is 26.6. The minimum absolute atomic E-state index is 0.0162. The van der Waals surface area contributed by atoms with Crippen molar-refractivity contribution in [3.8, 4) is 56.8 Å². The van der Waals surface area contributed by atoms with E-state index in [0.29, 0.717) is 170 Å². The molecule has 502 valence electrons. The first-order valence-corrected chi connectivity index (χ1v) is 34.7. The number of methoxy groups -OCH3 is 2. The number of aromatic nitrogens is 6. The normalized spacial score (nSPS) is 14.8. The van der Waals surface area contributed by atoms with E-state index in [9.17, 15) is 19.5 Å². The Balaban J connectivity index is 0.000000273. The van der Waals surface area contributed by atoms with Crippen LogP contribution in [0, 0.1) is 27.7 Å². The molecule has 2 aliphatic heterocycles. The fraction of sp³-hybridized carbons (Fsp3) is 0.540. The Labute approximate surface area is 559 Å². The molecule has 2 fully saturated rings. The van der Waals surface area contributed by atoms with Crippen LogP contribution in [0.2, 0.25) is 38.2 Å². The van der Waals surface area contributed by atoms with Gasteiger partial charge in [0.25, 0.3) is 0 Å². The average Bonchev–Trinajstić information content (AvgIpc) is 1.32. The van der Waals surface area contributed by atoms with Gasteiger partial charge in [0.05, 0.1) is 59.4 Å². The Morgan fingerprint density at radius 2 is 1.12 bits per heavy atom. The smallest absolute Gasteiger partial charge is 0.410 e. The zero-order valence-electron chi connectivity index (χ0n) is 55.2. The van der Waals surface area contributed by atoms with Crippen molar-refractivity contribution >= 4 is 84.6 Å². The van der Waals surface area contributed by atoms with E-state index < -0.39 is 32.2 Å². The van der Waals surface area contributed by atoms with Crippen molar-refractivity contribution in [1.29, 1.82) is 0 Å². The van der Waals surface area contributed by atoms with Gasteiger partial charge in [-0.2, -0.15) is 0 Å². The SMILES string of the molecule is CNCC(O)COc1ccc(Cl)c(-c2nc(NC3CCN(C(=O)OC)CC3)c(Cl)c(-c3c(C)noc3C)n2)c1.COC(=O)N1CCC(Nc2nc(-c3cc(OCC(CN(C)C(=O)OC(C)(C)C)O[Si](C)(C)C(C)(C)C)ccc3Cl)nc(-c3c(C)noc3C)c2Cl)CC1. The number of amides is 3. The molecule has 24 nitrogen and oxygen atoms in total. The second-order valence-corrected chi connectivity index (χ2v) is 31.6. The maximum absolute atomic E-state index is 12.9. The number of carbonyl (C=O) groups is 3. The molecule has 2 aromatic carbocycles.